The summed E-state index contributed by atoms with van der Waals surface area (Å²) in [5.41, 5.74) is 1.75. The van der Waals surface area contributed by atoms with E-state index in [2.05, 4.69) is 13.2 Å². The number of carbonyl (C=O) groups is 2. The molecule has 31 heavy (non-hydrogen) atoms. The molecule has 0 N–H and O–H groups in total. The van der Waals surface area contributed by atoms with Gasteiger partial charge in [-0.15, -0.1) is 0 Å². The predicted octanol–water partition coefficient (Wildman–Crippen LogP) is 3.97. The third-order valence-corrected chi connectivity index (χ3v) is 3.92. The van der Waals surface area contributed by atoms with E-state index in [1.54, 1.807) is 24.3 Å². The summed E-state index contributed by atoms with van der Waals surface area (Å²) in [5, 5.41) is 10.7. The standard InChI is InChI=1S/C23H21NO7/c1-3-22(25)30-16-21(31-23(26)4-2)15-29-20-13-9-18(10-14-20)6-5-17-7-11-19(12-8-17)24(27)28/h3-14,21H,1-2,15-16H2/b6-5+. The molecular weight excluding hydrogens is 402 g/mol. The maximum Gasteiger partial charge on any atom is 0.330 e. The number of hydrogen-bond acceptors (Lipinski definition) is 7. The Morgan fingerprint density at radius 1 is 0.903 bits per heavy atom. The van der Waals surface area contributed by atoms with Gasteiger partial charge in [0, 0.05) is 24.3 Å². The van der Waals surface area contributed by atoms with Crippen LogP contribution in [-0.4, -0.2) is 36.2 Å². The maximum atomic E-state index is 11.4. The van der Waals surface area contributed by atoms with E-state index >= 15 is 0 Å². The zero-order chi connectivity index (χ0) is 22.6. The van der Waals surface area contributed by atoms with Gasteiger partial charge in [0.1, 0.15) is 19.0 Å². The average Bonchev–Trinajstić information content (AvgIpc) is 2.79. The van der Waals surface area contributed by atoms with Crippen LogP contribution in [0, 0.1) is 10.1 Å². The Kier molecular flexibility index (Phi) is 8.72. The van der Waals surface area contributed by atoms with Gasteiger partial charge in [-0.3, -0.25) is 10.1 Å². The van der Waals surface area contributed by atoms with E-state index in [0.29, 0.717) is 5.75 Å². The second-order valence-corrected chi connectivity index (χ2v) is 6.16. The van der Waals surface area contributed by atoms with Crippen molar-refractivity contribution in [2.75, 3.05) is 13.2 Å². The van der Waals surface area contributed by atoms with E-state index in [0.717, 1.165) is 23.3 Å². The van der Waals surface area contributed by atoms with Gasteiger partial charge < -0.3 is 14.2 Å². The summed E-state index contributed by atoms with van der Waals surface area (Å²) in [4.78, 5) is 32.9. The Labute approximate surface area is 179 Å². The number of ether oxygens (including phenoxy) is 3. The van der Waals surface area contributed by atoms with Crippen LogP contribution in [0.1, 0.15) is 11.1 Å². The molecule has 0 saturated heterocycles. The summed E-state index contributed by atoms with van der Waals surface area (Å²) in [6.45, 7) is 6.42. The smallest absolute Gasteiger partial charge is 0.330 e. The molecule has 0 amide bonds. The number of carbonyl (C=O) groups excluding carboxylic acids is 2. The van der Waals surface area contributed by atoms with Crippen LogP contribution in [-0.2, 0) is 19.1 Å². The van der Waals surface area contributed by atoms with Crippen molar-refractivity contribution in [2.45, 2.75) is 6.10 Å². The van der Waals surface area contributed by atoms with Crippen molar-refractivity contribution >= 4 is 29.8 Å². The summed E-state index contributed by atoms with van der Waals surface area (Å²) in [6, 6.07) is 13.3. The monoisotopic (exact) mass is 423 g/mol. The minimum atomic E-state index is -0.809. The molecule has 0 aliphatic heterocycles. The fourth-order valence-electron chi connectivity index (χ4n) is 2.33. The predicted molar refractivity (Wildman–Crippen MR) is 115 cm³/mol. The van der Waals surface area contributed by atoms with E-state index in [-0.39, 0.29) is 18.9 Å². The molecule has 2 aromatic carbocycles. The Morgan fingerprint density at radius 2 is 1.45 bits per heavy atom. The molecule has 2 aromatic rings. The number of esters is 2. The zero-order valence-corrected chi connectivity index (χ0v) is 16.6. The lowest BCUT2D eigenvalue weighted by Crippen LogP contribution is -2.30. The highest BCUT2D eigenvalue weighted by Gasteiger charge is 2.16. The van der Waals surface area contributed by atoms with Crippen molar-refractivity contribution in [1.29, 1.82) is 0 Å². The molecule has 0 aromatic heterocycles. The first-order chi connectivity index (χ1) is 14.9. The van der Waals surface area contributed by atoms with Crippen LogP contribution >= 0.6 is 0 Å². The molecule has 0 radical (unpaired) electrons. The van der Waals surface area contributed by atoms with Gasteiger partial charge >= 0.3 is 11.9 Å². The summed E-state index contributed by atoms with van der Waals surface area (Å²) >= 11 is 0. The number of benzene rings is 2. The van der Waals surface area contributed by atoms with Crippen molar-refractivity contribution in [3.63, 3.8) is 0 Å². The molecule has 0 spiro atoms. The van der Waals surface area contributed by atoms with Gasteiger partial charge in [-0.05, 0) is 35.4 Å². The maximum absolute atomic E-state index is 11.4. The lowest BCUT2D eigenvalue weighted by atomic mass is 10.1. The van der Waals surface area contributed by atoms with Gasteiger partial charge in [-0.1, -0.05) is 37.4 Å². The van der Waals surface area contributed by atoms with E-state index in [1.807, 2.05) is 24.3 Å². The first-order valence-electron chi connectivity index (χ1n) is 9.19. The number of nitro benzene ring substituents is 1. The molecule has 0 fully saturated rings. The summed E-state index contributed by atoms with van der Waals surface area (Å²) in [7, 11) is 0. The Bertz CT molecular complexity index is 962. The second kappa shape index (κ2) is 11.7. The number of nitro groups is 1. The molecule has 8 heteroatoms. The highest BCUT2D eigenvalue weighted by Crippen LogP contribution is 2.17. The first kappa shape index (κ1) is 23.1. The molecule has 1 unspecified atom stereocenters. The second-order valence-electron chi connectivity index (χ2n) is 6.16. The van der Waals surface area contributed by atoms with Gasteiger partial charge in [0.15, 0.2) is 6.10 Å². The van der Waals surface area contributed by atoms with Gasteiger partial charge in [0.2, 0.25) is 0 Å². The molecule has 0 bridgehead atoms. The molecular formula is C23H21NO7. The molecule has 2 rings (SSSR count). The number of hydrogen-bond donors (Lipinski definition) is 0. The van der Waals surface area contributed by atoms with Crippen LogP contribution in [0.4, 0.5) is 5.69 Å². The minimum Gasteiger partial charge on any atom is -0.490 e. The molecule has 1 atom stereocenters. The third kappa shape index (κ3) is 7.98. The van der Waals surface area contributed by atoms with Crippen molar-refractivity contribution in [3.05, 3.63) is 95.1 Å². The van der Waals surface area contributed by atoms with E-state index in [1.165, 1.54) is 12.1 Å². The van der Waals surface area contributed by atoms with Crippen molar-refractivity contribution in [1.82, 2.24) is 0 Å². The van der Waals surface area contributed by atoms with E-state index < -0.39 is 23.0 Å². The minimum absolute atomic E-state index is 0.0258. The molecule has 0 aliphatic carbocycles. The fraction of sp³-hybridized carbons (Fsp3) is 0.130. The van der Waals surface area contributed by atoms with Gasteiger partial charge in [-0.25, -0.2) is 9.59 Å². The Balaban J connectivity index is 1.93. The van der Waals surface area contributed by atoms with Crippen LogP contribution in [0.2, 0.25) is 0 Å². The van der Waals surface area contributed by atoms with E-state index in [4.69, 9.17) is 14.2 Å². The van der Waals surface area contributed by atoms with Gasteiger partial charge in [0.25, 0.3) is 5.69 Å². The van der Waals surface area contributed by atoms with Crippen molar-refractivity contribution in [3.8, 4) is 5.75 Å². The van der Waals surface area contributed by atoms with E-state index in [9.17, 15) is 19.7 Å². The Hall–Kier alpha value is -4.20. The van der Waals surface area contributed by atoms with Gasteiger partial charge in [-0.2, -0.15) is 0 Å². The first-order valence-corrected chi connectivity index (χ1v) is 9.19. The van der Waals surface area contributed by atoms with Crippen LogP contribution in [0.5, 0.6) is 5.75 Å². The van der Waals surface area contributed by atoms with Crippen LogP contribution in [0.25, 0.3) is 12.2 Å². The number of non-ortho nitro benzene ring substituents is 1. The summed E-state index contributed by atoms with van der Waals surface area (Å²) in [6.07, 6.45) is 4.90. The van der Waals surface area contributed by atoms with Crippen molar-refractivity contribution in [2.24, 2.45) is 0 Å². The van der Waals surface area contributed by atoms with Gasteiger partial charge in [0.05, 0.1) is 4.92 Å². The molecule has 0 aliphatic rings. The summed E-state index contributed by atoms with van der Waals surface area (Å²) < 4.78 is 15.6. The van der Waals surface area contributed by atoms with Crippen LogP contribution < -0.4 is 4.74 Å². The van der Waals surface area contributed by atoms with Crippen molar-refractivity contribution < 1.29 is 28.7 Å². The topological polar surface area (TPSA) is 105 Å². The lowest BCUT2D eigenvalue weighted by molar-refractivity contribution is -0.384. The van der Waals surface area contributed by atoms with Crippen LogP contribution in [0.3, 0.4) is 0 Å². The largest absolute Gasteiger partial charge is 0.490 e. The normalized spacial score (nSPS) is 11.4. The quantitative estimate of drug-likeness (QED) is 0.177. The molecule has 8 nitrogen and oxygen atoms in total. The average molecular weight is 423 g/mol. The number of rotatable bonds is 11. The lowest BCUT2D eigenvalue weighted by Gasteiger charge is -2.17. The molecule has 0 heterocycles. The molecule has 160 valence electrons. The number of nitrogens with zero attached hydrogens (tertiary/aromatic N) is 1. The third-order valence-electron chi connectivity index (χ3n) is 3.92. The fourth-order valence-corrected chi connectivity index (χ4v) is 2.33. The Morgan fingerprint density at radius 3 is 1.97 bits per heavy atom. The van der Waals surface area contributed by atoms with Crippen LogP contribution in [0.15, 0.2) is 73.8 Å². The highest BCUT2D eigenvalue weighted by atomic mass is 16.6. The highest BCUT2D eigenvalue weighted by molar-refractivity contribution is 5.82. The zero-order valence-electron chi connectivity index (χ0n) is 16.6. The summed E-state index contributed by atoms with van der Waals surface area (Å²) in [5.74, 6) is -0.763. The SMILES string of the molecule is C=CC(=O)OCC(COc1ccc(/C=C/c2ccc([N+](=O)[O-])cc2)cc1)OC(=O)C=C. The molecule has 0 saturated carbocycles.